The van der Waals surface area contributed by atoms with Crippen molar-refractivity contribution < 1.29 is 9.84 Å². The molecule has 0 aromatic carbocycles. The summed E-state index contributed by atoms with van der Waals surface area (Å²) < 4.78 is 5.42. The molecule has 1 N–H and O–H groups in total. The number of hydrogen-bond donors (Lipinski definition) is 1. The van der Waals surface area contributed by atoms with E-state index in [0.29, 0.717) is 6.42 Å². The standard InChI is InChI=1S/C11H18O2/c1-3-4-8-11(2,12)10-7-5-6-9-13-10/h3,7,12H,1,4-6,8-9H2,2H3. The Balaban J connectivity index is 2.55. The van der Waals surface area contributed by atoms with E-state index >= 15 is 0 Å². The lowest BCUT2D eigenvalue weighted by Gasteiger charge is -2.28. The molecule has 0 saturated carbocycles. The van der Waals surface area contributed by atoms with Crippen molar-refractivity contribution in [2.24, 2.45) is 0 Å². The van der Waals surface area contributed by atoms with Crippen LogP contribution in [0.1, 0.15) is 32.6 Å². The molecule has 1 aliphatic rings. The van der Waals surface area contributed by atoms with E-state index in [1.165, 1.54) is 0 Å². The van der Waals surface area contributed by atoms with E-state index in [1.807, 2.05) is 12.2 Å². The number of aliphatic hydroxyl groups is 1. The third-order valence-corrected chi connectivity index (χ3v) is 2.30. The quantitative estimate of drug-likeness (QED) is 0.676. The van der Waals surface area contributed by atoms with Crippen molar-refractivity contribution in [3.63, 3.8) is 0 Å². The first kappa shape index (κ1) is 10.3. The molecule has 1 atom stereocenters. The summed E-state index contributed by atoms with van der Waals surface area (Å²) in [5.41, 5.74) is -0.811. The summed E-state index contributed by atoms with van der Waals surface area (Å²) in [6.45, 7) is 6.17. The highest BCUT2D eigenvalue weighted by molar-refractivity contribution is 5.10. The van der Waals surface area contributed by atoms with Gasteiger partial charge in [0.05, 0.1) is 6.61 Å². The molecule has 0 aromatic rings. The molecule has 0 radical (unpaired) electrons. The van der Waals surface area contributed by atoms with Gasteiger partial charge >= 0.3 is 0 Å². The van der Waals surface area contributed by atoms with E-state index in [9.17, 15) is 5.11 Å². The molecule has 0 fully saturated rings. The maximum atomic E-state index is 10.0. The van der Waals surface area contributed by atoms with Crippen LogP contribution in [0.4, 0.5) is 0 Å². The van der Waals surface area contributed by atoms with Crippen molar-refractivity contribution in [2.75, 3.05) is 6.61 Å². The van der Waals surface area contributed by atoms with Gasteiger partial charge in [-0.25, -0.2) is 0 Å². The van der Waals surface area contributed by atoms with Crippen molar-refractivity contribution in [1.29, 1.82) is 0 Å². The van der Waals surface area contributed by atoms with Crippen molar-refractivity contribution in [2.45, 2.75) is 38.2 Å². The summed E-state index contributed by atoms with van der Waals surface area (Å²) in [5.74, 6) is 0.737. The van der Waals surface area contributed by atoms with E-state index in [0.717, 1.165) is 31.6 Å². The second-order valence-electron chi connectivity index (χ2n) is 3.66. The molecule has 1 rings (SSSR count). The Morgan fingerprint density at radius 3 is 3.08 bits per heavy atom. The predicted molar refractivity (Wildman–Crippen MR) is 53.3 cm³/mol. The molecular weight excluding hydrogens is 164 g/mol. The zero-order chi connectivity index (χ0) is 9.73. The number of rotatable bonds is 4. The number of ether oxygens (including phenoxy) is 1. The van der Waals surface area contributed by atoms with Gasteiger partial charge in [-0.05, 0) is 38.7 Å². The van der Waals surface area contributed by atoms with Crippen molar-refractivity contribution in [3.8, 4) is 0 Å². The predicted octanol–water partition coefficient (Wildman–Crippen LogP) is 2.40. The van der Waals surface area contributed by atoms with Crippen molar-refractivity contribution in [1.82, 2.24) is 0 Å². The van der Waals surface area contributed by atoms with E-state index in [1.54, 1.807) is 6.92 Å². The largest absolute Gasteiger partial charge is 0.495 e. The first-order valence-electron chi connectivity index (χ1n) is 4.83. The van der Waals surface area contributed by atoms with E-state index in [-0.39, 0.29) is 0 Å². The minimum atomic E-state index is -0.811. The fourth-order valence-corrected chi connectivity index (χ4v) is 1.44. The van der Waals surface area contributed by atoms with E-state index in [2.05, 4.69) is 6.58 Å². The van der Waals surface area contributed by atoms with Crippen molar-refractivity contribution >= 4 is 0 Å². The Morgan fingerprint density at radius 1 is 1.77 bits per heavy atom. The lowest BCUT2D eigenvalue weighted by atomic mass is 9.96. The highest BCUT2D eigenvalue weighted by Crippen LogP contribution is 2.26. The molecular formula is C11H18O2. The monoisotopic (exact) mass is 182 g/mol. The van der Waals surface area contributed by atoms with Gasteiger partial charge in [0.15, 0.2) is 0 Å². The highest BCUT2D eigenvalue weighted by atomic mass is 16.5. The minimum Gasteiger partial charge on any atom is -0.495 e. The normalized spacial score (nSPS) is 21.2. The number of hydrogen-bond acceptors (Lipinski definition) is 2. The molecule has 1 unspecified atom stereocenters. The summed E-state index contributed by atoms with van der Waals surface area (Å²) >= 11 is 0. The Kier molecular flexibility index (Phi) is 3.55. The zero-order valence-electron chi connectivity index (χ0n) is 8.25. The van der Waals surface area contributed by atoms with Gasteiger partial charge < -0.3 is 9.84 Å². The van der Waals surface area contributed by atoms with Gasteiger partial charge in [-0.15, -0.1) is 6.58 Å². The van der Waals surface area contributed by atoms with Crippen LogP contribution < -0.4 is 0 Å². The van der Waals surface area contributed by atoms with Crippen LogP contribution in [0.2, 0.25) is 0 Å². The SMILES string of the molecule is C=CCCC(C)(O)C1=CCCCO1. The average molecular weight is 182 g/mol. The molecule has 1 aliphatic heterocycles. The Morgan fingerprint density at radius 2 is 2.54 bits per heavy atom. The van der Waals surface area contributed by atoms with Crippen LogP contribution in [0.3, 0.4) is 0 Å². The Hall–Kier alpha value is -0.760. The second-order valence-corrected chi connectivity index (χ2v) is 3.66. The second kappa shape index (κ2) is 4.47. The molecule has 0 amide bonds. The van der Waals surface area contributed by atoms with Gasteiger partial charge in [0.25, 0.3) is 0 Å². The average Bonchev–Trinajstić information content (AvgIpc) is 2.16. The summed E-state index contributed by atoms with van der Waals surface area (Å²) in [5, 5.41) is 10.0. The van der Waals surface area contributed by atoms with Gasteiger partial charge in [0.1, 0.15) is 11.4 Å². The molecule has 0 bridgehead atoms. The molecule has 0 aromatic heterocycles. The van der Waals surface area contributed by atoms with Crippen LogP contribution in [0.25, 0.3) is 0 Å². The zero-order valence-corrected chi connectivity index (χ0v) is 8.25. The molecule has 2 heteroatoms. The van der Waals surface area contributed by atoms with Crippen molar-refractivity contribution in [3.05, 3.63) is 24.5 Å². The first-order chi connectivity index (χ1) is 6.17. The summed E-state index contributed by atoms with van der Waals surface area (Å²) in [6, 6.07) is 0. The topological polar surface area (TPSA) is 29.5 Å². The third kappa shape index (κ3) is 2.88. The van der Waals surface area contributed by atoms with Crippen LogP contribution >= 0.6 is 0 Å². The third-order valence-electron chi connectivity index (χ3n) is 2.30. The lowest BCUT2D eigenvalue weighted by Crippen LogP contribution is -2.29. The Labute approximate surface area is 79.9 Å². The van der Waals surface area contributed by atoms with Gasteiger partial charge in [-0.1, -0.05) is 6.08 Å². The molecule has 0 spiro atoms. The van der Waals surface area contributed by atoms with Crippen LogP contribution in [0.5, 0.6) is 0 Å². The smallest absolute Gasteiger partial charge is 0.123 e. The fraction of sp³-hybridized carbons (Fsp3) is 0.636. The van der Waals surface area contributed by atoms with E-state index in [4.69, 9.17) is 4.74 Å². The highest BCUT2D eigenvalue weighted by Gasteiger charge is 2.27. The maximum Gasteiger partial charge on any atom is 0.123 e. The fourth-order valence-electron chi connectivity index (χ4n) is 1.44. The number of allylic oxidation sites excluding steroid dienone is 2. The summed E-state index contributed by atoms with van der Waals surface area (Å²) in [6.07, 6.45) is 7.38. The van der Waals surface area contributed by atoms with Gasteiger partial charge in [0.2, 0.25) is 0 Å². The van der Waals surface area contributed by atoms with Gasteiger partial charge in [-0.2, -0.15) is 0 Å². The van der Waals surface area contributed by atoms with Crippen LogP contribution in [-0.2, 0) is 4.74 Å². The van der Waals surface area contributed by atoms with Gasteiger partial charge in [0, 0.05) is 0 Å². The summed E-state index contributed by atoms with van der Waals surface area (Å²) in [7, 11) is 0. The molecule has 74 valence electrons. The van der Waals surface area contributed by atoms with Gasteiger partial charge in [-0.3, -0.25) is 0 Å². The molecule has 0 saturated heterocycles. The molecule has 0 aliphatic carbocycles. The van der Waals surface area contributed by atoms with Crippen LogP contribution in [0, 0.1) is 0 Å². The van der Waals surface area contributed by atoms with E-state index < -0.39 is 5.60 Å². The maximum absolute atomic E-state index is 10.0. The van der Waals surface area contributed by atoms with Crippen LogP contribution in [0.15, 0.2) is 24.5 Å². The Bertz CT molecular complexity index is 204. The molecule has 1 heterocycles. The minimum absolute atomic E-state index is 0.683. The lowest BCUT2D eigenvalue weighted by molar-refractivity contribution is 0.0127. The van der Waals surface area contributed by atoms with Crippen LogP contribution in [-0.4, -0.2) is 17.3 Å². The first-order valence-corrected chi connectivity index (χ1v) is 4.83. The molecule has 2 nitrogen and oxygen atoms in total. The summed E-state index contributed by atoms with van der Waals surface area (Å²) in [4.78, 5) is 0. The molecule has 13 heavy (non-hydrogen) atoms.